The molecule has 0 aliphatic carbocycles. The predicted octanol–water partition coefficient (Wildman–Crippen LogP) is 6.09. The van der Waals surface area contributed by atoms with E-state index in [0.29, 0.717) is 41.1 Å². The van der Waals surface area contributed by atoms with Gasteiger partial charge in [0.25, 0.3) is 6.08 Å². The highest BCUT2D eigenvalue weighted by atomic mass is 32.2. The Hall–Kier alpha value is -3.96. The zero-order valence-electron chi connectivity index (χ0n) is 24.7. The van der Waals surface area contributed by atoms with Crippen LogP contribution in [0, 0.1) is 0 Å². The normalized spacial score (nSPS) is 14.3. The van der Waals surface area contributed by atoms with Gasteiger partial charge in [-0.05, 0) is 61.4 Å². The van der Waals surface area contributed by atoms with Crippen molar-refractivity contribution in [1.82, 2.24) is 14.6 Å². The van der Waals surface area contributed by atoms with Gasteiger partial charge in [0.15, 0.2) is 0 Å². The van der Waals surface area contributed by atoms with Gasteiger partial charge in [-0.25, -0.2) is 8.93 Å². The number of amides is 2. The first kappa shape index (κ1) is 33.5. The van der Waals surface area contributed by atoms with Crippen LogP contribution in [0.15, 0.2) is 83.4 Å². The Morgan fingerprint density at radius 2 is 1.72 bits per heavy atom. The SMILES string of the molecule is CC.CC(=O)Nc1c(-c2ccccc2)cccc1S(=O)NC(CCCc1ccc(N)cn1)C(=O)N1CCC(=C(F)F)CC1. The zero-order valence-corrected chi connectivity index (χ0v) is 25.6. The highest BCUT2D eigenvalue weighted by Crippen LogP contribution is 2.33. The van der Waals surface area contributed by atoms with Gasteiger partial charge >= 0.3 is 0 Å². The number of para-hydroxylation sites is 1. The van der Waals surface area contributed by atoms with Crippen molar-refractivity contribution in [3.8, 4) is 11.1 Å². The summed E-state index contributed by atoms with van der Waals surface area (Å²) in [6.45, 7) is 5.70. The lowest BCUT2D eigenvalue weighted by Gasteiger charge is -2.31. The van der Waals surface area contributed by atoms with Crippen LogP contribution in [-0.2, 0) is 27.0 Å². The van der Waals surface area contributed by atoms with Crippen LogP contribution in [0.2, 0.25) is 0 Å². The smallest absolute Gasteiger partial charge is 0.269 e. The molecule has 1 saturated heterocycles. The van der Waals surface area contributed by atoms with Crippen molar-refractivity contribution < 1.29 is 22.6 Å². The molecule has 1 aliphatic rings. The van der Waals surface area contributed by atoms with E-state index in [2.05, 4.69) is 15.0 Å². The number of rotatable bonds is 10. The van der Waals surface area contributed by atoms with Crippen molar-refractivity contribution >= 4 is 34.2 Å². The second-order valence-corrected chi connectivity index (χ2v) is 11.0. The molecule has 0 bridgehead atoms. The number of aromatic nitrogens is 1. The fraction of sp³-hybridized carbons (Fsp3) is 0.344. The number of hydrogen-bond acceptors (Lipinski definition) is 5. The first-order valence-corrected chi connectivity index (χ1v) is 15.5. The molecule has 2 heterocycles. The van der Waals surface area contributed by atoms with E-state index in [1.54, 1.807) is 24.4 Å². The molecule has 0 spiro atoms. The number of anilines is 2. The summed E-state index contributed by atoms with van der Waals surface area (Å²) >= 11 is 0. The average Bonchev–Trinajstić information content (AvgIpc) is 3.02. The van der Waals surface area contributed by atoms with Crippen LogP contribution >= 0.6 is 0 Å². The number of aryl methyl sites for hydroxylation is 1. The molecule has 43 heavy (non-hydrogen) atoms. The van der Waals surface area contributed by atoms with Crippen molar-refractivity contribution in [3.63, 3.8) is 0 Å². The third-order valence-electron chi connectivity index (χ3n) is 6.88. The highest BCUT2D eigenvalue weighted by Gasteiger charge is 2.29. The number of likely N-dealkylation sites (tertiary alicyclic amines) is 1. The number of nitrogens with zero attached hydrogens (tertiary/aromatic N) is 2. The van der Waals surface area contributed by atoms with Gasteiger partial charge in [0, 0.05) is 31.3 Å². The number of piperidine rings is 1. The third-order valence-corrected chi connectivity index (χ3v) is 8.12. The second kappa shape index (κ2) is 16.6. The lowest BCUT2D eigenvalue weighted by molar-refractivity contribution is -0.133. The van der Waals surface area contributed by atoms with Crippen molar-refractivity contribution in [2.24, 2.45) is 0 Å². The fourth-order valence-electron chi connectivity index (χ4n) is 4.75. The summed E-state index contributed by atoms with van der Waals surface area (Å²) in [6, 6.07) is 17.3. The van der Waals surface area contributed by atoms with Gasteiger partial charge in [0.2, 0.25) is 11.8 Å². The molecule has 11 heteroatoms. The third kappa shape index (κ3) is 9.52. The van der Waals surface area contributed by atoms with E-state index in [1.165, 1.54) is 11.8 Å². The van der Waals surface area contributed by atoms with E-state index < -0.39 is 23.1 Å². The number of nitrogens with one attached hydrogen (secondary N) is 2. The first-order valence-electron chi connectivity index (χ1n) is 14.4. The van der Waals surface area contributed by atoms with E-state index in [4.69, 9.17) is 5.73 Å². The number of carbonyl (C=O) groups excluding carboxylic acids is 2. The lowest BCUT2D eigenvalue weighted by atomic mass is 10.0. The van der Waals surface area contributed by atoms with E-state index in [1.807, 2.05) is 56.3 Å². The fourth-order valence-corrected chi connectivity index (χ4v) is 5.90. The van der Waals surface area contributed by atoms with Crippen LogP contribution in [0.25, 0.3) is 11.1 Å². The molecule has 1 aliphatic heterocycles. The van der Waals surface area contributed by atoms with Gasteiger partial charge in [-0.15, -0.1) is 0 Å². The van der Waals surface area contributed by atoms with Crippen molar-refractivity contribution in [1.29, 1.82) is 0 Å². The molecule has 2 atom stereocenters. The van der Waals surface area contributed by atoms with E-state index >= 15 is 0 Å². The topological polar surface area (TPSA) is 117 Å². The zero-order chi connectivity index (χ0) is 31.4. The van der Waals surface area contributed by atoms with Crippen LogP contribution in [0.3, 0.4) is 0 Å². The summed E-state index contributed by atoms with van der Waals surface area (Å²) in [6.07, 6.45) is 1.54. The molecule has 0 saturated carbocycles. The Balaban J connectivity index is 0.00000248. The van der Waals surface area contributed by atoms with Crippen molar-refractivity contribution in [3.05, 3.63) is 84.2 Å². The monoisotopic (exact) mass is 611 g/mol. The van der Waals surface area contributed by atoms with E-state index in [9.17, 15) is 22.6 Å². The molecule has 2 amide bonds. The Labute approximate surface area is 254 Å². The van der Waals surface area contributed by atoms with Gasteiger partial charge in [-0.2, -0.15) is 8.78 Å². The first-order chi connectivity index (χ1) is 20.7. The summed E-state index contributed by atoms with van der Waals surface area (Å²) in [5.41, 5.74) is 9.05. The minimum Gasteiger partial charge on any atom is -0.397 e. The van der Waals surface area contributed by atoms with Crippen LogP contribution < -0.4 is 15.8 Å². The maximum absolute atomic E-state index is 13.8. The molecule has 1 aromatic heterocycles. The summed E-state index contributed by atoms with van der Waals surface area (Å²) in [7, 11) is -1.89. The molecule has 4 N–H and O–H groups in total. The molecule has 8 nitrogen and oxygen atoms in total. The minimum atomic E-state index is -1.89. The van der Waals surface area contributed by atoms with Gasteiger partial charge in [-0.1, -0.05) is 56.3 Å². The quantitative estimate of drug-likeness (QED) is 0.256. The summed E-state index contributed by atoms with van der Waals surface area (Å²) in [5.74, 6) is -0.630. The number of hydrogen-bond donors (Lipinski definition) is 3. The minimum absolute atomic E-state index is 0.0641. The largest absolute Gasteiger partial charge is 0.397 e. The molecular weight excluding hydrogens is 572 g/mol. The van der Waals surface area contributed by atoms with Crippen LogP contribution in [0.4, 0.5) is 20.2 Å². The summed E-state index contributed by atoms with van der Waals surface area (Å²) in [4.78, 5) is 31.9. The Morgan fingerprint density at radius 1 is 1.02 bits per heavy atom. The number of nitrogen functional groups attached to an aromatic ring is 1. The van der Waals surface area contributed by atoms with Gasteiger partial charge in [-0.3, -0.25) is 14.6 Å². The Kier molecular flexibility index (Phi) is 13.0. The number of halogens is 2. The average molecular weight is 612 g/mol. The molecule has 2 aromatic carbocycles. The number of benzene rings is 2. The molecule has 0 radical (unpaired) electrons. The molecule has 230 valence electrons. The van der Waals surface area contributed by atoms with Gasteiger partial charge < -0.3 is 16.0 Å². The summed E-state index contributed by atoms with van der Waals surface area (Å²) in [5, 5.41) is 2.81. The van der Waals surface area contributed by atoms with Crippen LogP contribution in [-0.4, -0.2) is 45.0 Å². The van der Waals surface area contributed by atoms with E-state index in [0.717, 1.165) is 11.3 Å². The van der Waals surface area contributed by atoms with Gasteiger partial charge in [0.1, 0.15) is 11.0 Å². The molecule has 2 unspecified atom stereocenters. The number of nitrogens with two attached hydrogens (primary N) is 1. The predicted molar refractivity (Wildman–Crippen MR) is 168 cm³/mol. The molecule has 3 aromatic rings. The number of carbonyl (C=O) groups is 2. The summed E-state index contributed by atoms with van der Waals surface area (Å²) < 4.78 is 42.9. The van der Waals surface area contributed by atoms with E-state index in [-0.39, 0.29) is 43.3 Å². The van der Waals surface area contributed by atoms with Crippen LogP contribution in [0.5, 0.6) is 0 Å². The maximum Gasteiger partial charge on any atom is 0.269 e. The molecule has 4 rings (SSSR count). The second-order valence-electron chi connectivity index (χ2n) is 9.83. The van der Waals surface area contributed by atoms with Crippen LogP contribution in [0.1, 0.15) is 52.1 Å². The van der Waals surface area contributed by atoms with Crippen molar-refractivity contribution in [2.75, 3.05) is 24.1 Å². The Bertz CT molecular complexity index is 1420. The Morgan fingerprint density at radius 3 is 2.33 bits per heavy atom. The standard InChI is InChI=1S/C30H33F2N5O3S.C2H6/c1-20(38)35-28-25(21-7-3-2-4-8-21)10-6-12-27(28)41(40)36-26(11-5-9-24-14-13-23(33)19-34-24)30(39)37-17-15-22(16-18-37)29(31)32;1-2/h2-4,6-8,10,12-14,19,26,36H,5,9,11,15-18,33H2,1H3,(H,35,38);1-2H3. The maximum atomic E-state index is 13.8. The number of pyridine rings is 1. The lowest BCUT2D eigenvalue weighted by Crippen LogP contribution is -2.49. The van der Waals surface area contributed by atoms with Gasteiger partial charge in [0.05, 0.1) is 28.5 Å². The van der Waals surface area contributed by atoms with Crippen molar-refractivity contribution in [2.45, 2.75) is 63.8 Å². The highest BCUT2D eigenvalue weighted by molar-refractivity contribution is 7.83. The molecule has 1 fully saturated rings. The molecular formula is C32H39F2N5O3S.